The van der Waals surface area contributed by atoms with E-state index in [1.54, 1.807) is 13.8 Å². The molecule has 34 heavy (non-hydrogen) atoms. The van der Waals surface area contributed by atoms with Gasteiger partial charge in [-0.3, -0.25) is 19.2 Å². The van der Waals surface area contributed by atoms with E-state index in [0.29, 0.717) is 6.42 Å². The van der Waals surface area contributed by atoms with Crippen molar-refractivity contribution in [1.29, 1.82) is 5.26 Å². The maximum Gasteiger partial charge on any atom is 0.344 e. The van der Waals surface area contributed by atoms with Gasteiger partial charge in [-0.2, -0.15) is 5.26 Å². The number of carbonyl (C=O) groups excluding carboxylic acids is 5. The zero-order chi connectivity index (χ0) is 25.5. The van der Waals surface area contributed by atoms with E-state index in [1.165, 1.54) is 13.8 Å². The van der Waals surface area contributed by atoms with Crippen molar-refractivity contribution in [3.05, 3.63) is 0 Å². The second kappa shape index (κ2) is 8.56. The molecule has 3 aliphatic rings. The van der Waals surface area contributed by atoms with Crippen LogP contribution < -0.4 is 0 Å². The summed E-state index contributed by atoms with van der Waals surface area (Å²) in [5.74, 6) is -3.46. The molecule has 2 bridgehead atoms. The summed E-state index contributed by atoms with van der Waals surface area (Å²) in [6, 6.07) is 2.05. The first kappa shape index (κ1) is 25.5. The van der Waals surface area contributed by atoms with Crippen LogP contribution in [-0.2, 0) is 47.7 Å². The van der Waals surface area contributed by atoms with Gasteiger partial charge < -0.3 is 23.7 Å². The normalized spacial score (nSPS) is 33.0. The maximum atomic E-state index is 12.9. The Hall–Kier alpha value is -3.16. The van der Waals surface area contributed by atoms with Gasteiger partial charge in [0.15, 0.2) is 18.1 Å². The second-order valence-corrected chi connectivity index (χ2v) is 10.00. The van der Waals surface area contributed by atoms with Gasteiger partial charge in [0.05, 0.1) is 16.9 Å². The van der Waals surface area contributed by atoms with Gasteiger partial charge >= 0.3 is 29.8 Å². The Labute approximate surface area is 197 Å². The lowest BCUT2D eigenvalue weighted by molar-refractivity contribution is -0.182. The Morgan fingerprint density at radius 3 is 2.26 bits per heavy atom. The molecule has 1 heterocycles. The highest BCUT2D eigenvalue weighted by atomic mass is 16.6. The molecule has 0 N–H and O–H groups in total. The van der Waals surface area contributed by atoms with E-state index >= 15 is 0 Å². The minimum atomic E-state index is -1.65. The molecule has 3 rings (SSSR count). The molecule has 5 unspecified atom stereocenters. The smallest absolute Gasteiger partial charge is 0.344 e. The van der Waals surface area contributed by atoms with Crippen LogP contribution in [0.2, 0.25) is 0 Å². The molecule has 1 saturated heterocycles. The van der Waals surface area contributed by atoms with Crippen molar-refractivity contribution in [2.45, 2.75) is 66.1 Å². The summed E-state index contributed by atoms with van der Waals surface area (Å²) >= 11 is 0. The Morgan fingerprint density at radius 1 is 1.09 bits per heavy atom. The van der Waals surface area contributed by atoms with Crippen molar-refractivity contribution in [3.63, 3.8) is 0 Å². The Bertz CT molecular complexity index is 967. The van der Waals surface area contributed by atoms with Gasteiger partial charge in [0.2, 0.25) is 0 Å². The number of carbonyl (C=O) groups is 5. The summed E-state index contributed by atoms with van der Waals surface area (Å²) in [7, 11) is 0. The molecule has 2 saturated carbocycles. The van der Waals surface area contributed by atoms with Crippen molar-refractivity contribution >= 4 is 29.8 Å². The van der Waals surface area contributed by atoms with Crippen LogP contribution in [0.25, 0.3) is 0 Å². The van der Waals surface area contributed by atoms with Crippen LogP contribution in [0.1, 0.15) is 53.9 Å². The van der Waals surface area contributed by atoms with Gasteiger partial charge in [-0.15, -0.1) is 0 Å². The Kier molecular flexibility index (Phi) is 6.41. The van der Waals surface area contributed by atoms with Crippen LogP contribution >= 0.6 is 0 Å². The third-order valence-corrected chi connectivity index (χ3v) is 7.44. The summed E-state index contributed by atoms with van der Waals surface area (Å²) in [6.07, 6.45) is -1.72. The number of hydrogen-bond donors (Lipinski definition) is 0. The summed E-state index contributed by atoms with van der Waals surface area (Å²) < 4.78 is 26.7. The molecule has 3 fully saturated rings. The third-order valence-electron chi connectivity index (χ3n) is 7.44. The molecule has 2 aliphatic carbocycles. The molecule has 186 valence electrons. The van der Waals surface area contributed by atoms with Gasteiger partial charge in [0.25, 0.3) is 0 Å². The summed E-state index contributed by atoms with van der Waals surface area (Å²) in [4.78, 5) is 60.9. The second-order valence-electron chi connectivity index (χ2n) is 10.00. The monoisotopic (exact) mass is 479 g/mol. The van der Waals surface area contributed by atoms with Gasteiger partial charge in [-0.05, 0) is 33.1 Å². The number of nitrogens with zero attached hydrogens (tertiary/aromatic N) is 1. The first-order valence-electron chi connectivity index (χ1n) is 11.0. The molecular weight excluding hydrogens is 450 g/mol. The zero-order valence-corrected chi connectivity index (χ0v) is 19.9. The van der Waals surface area contributed by atoms with Gasteiger partial charge in [-0.25, -0.2) is 4.79 Å². The number of fused-ring (bicyclic) bond motifs is 1. The van der Waals surface area contributed by atoms with Crippen LogP contribution in [0.4, 0.5) is 0 Å². The standard InChI is InChI=1S/C23H29NO10/c1-6-20(4,5)18(28)30-7-15(27)33-16-17-23(12-32-14(3)26)9-21(16,11-31-13(2)25)8-22(23,10-24)19(29)34-17/h16-17H,6-9,11-12H2,1-5H3. The fraction of sp³-hybridized carbons (Fsp3) is 0.739. The van der Waals surface area contributed by atoms with Crippen LogP contribution in [-0.4, -0.2) is 61.9 Å². The third kappa shape index (κ3) is 3.79. The van der Waals surface area contributed by atoms with Crippen molar-refractivity contribution < 1.29 is 47.7 Å². The highest BCUT2D eigenvalue weighted by molar-refractivity contribution is 5.87. The van der Waals surface area contributed by atoms with Crippen molar-refractivity contribution in [2.75, 3.05) is 19.8 Å². The lowest BCUT2D eigenvalue weighted by Crippen LogP contribution is -2.53. The van der Waals surface area contributed by atoms with E-state index in [1.807, 2.05) is 13.0 Å². The number of rotatable bonds is 9. The lowest BCUT2D eigenvalue weighted by atomic mass is 9.62. The van der Waals surface area contributed by atoms with E-state index in [4.69, 9.17) is 23.7 Å². The number of esters is 5. The van der Waals surface area contributed by atoms with E-state index in [9.17, 15) is 29.2 Å². The van der Waals surface area contributed by atoms with Crippen LogP contribution in [0, 0.1) is 33.0 Å². The average Bonchev–Trinajstić information content (AvgIpc) is 3.27. The first-order valence-corrected chi connectivity index (χ1v) is 11.0. The highest BCUT2D eigenvalue weighted by Gasteiger charge is 2.86. The first-order chi connectivity index (χ1) is 15.8. The van der Waals surface area contributed by atoms with E-state index in [0.717, 1.165) is 0 Å². The van der Waals surface area contributed by atoms with Crippen molar-refractivity contribution in [2.24, 2.45) is 21.7 Å². The van der Waals surface area contributed by atoms with Crippen molar-refractivity contribution in [1.82, 2.24) is 0 Å². The summed E-state index contributed by atoms with van der Waals surface area (Å²) in [5.41, 5.74) is -4.84. The quantitative estimate of drug-likeness (QED) is 0.346. The lowest BCUT2D eigenvalue weighted by Gasteiger charge is -2.39. The predicted molar refractivity (Wildman–Crippen MR) is 110 cm³/mol. The SMILES string of the molecule is CCC(C)(C)C(=O)OCC(=O)OC1C2OC(=O)C3(C#N)CC1(COC(C)=O)CC23COC(C)=O. The molecule has 11 nitrogen and oxygen atoms in total. The molecule has 0 radical (unpaired) electrons. The zero-order valence-electron chi connectivity index (χ0n) is 19.9. The van der Waals surface area contributed by atoms with E-state index < -0.39 is 70.3 Å². The number of nitriles is 1. The van der Waals surface area contributed by atoms with Crippen LogP contribution in [0.5, 0.6) is 0 Å². The molecule has 5 atom stereocenters. The Balaban J connectivity index is 1.89. The predicted octanol–water partition coefficient (Wildman–Crippen LogP) is 1.22. The molecule has 0 aromatic carbocycles. The van der Waals surface area contributed by atoms with E-state index in [-0.39, 0.29) is 26.1 Å². The van der Waals surface area contributed by atoms with Gasteiger partial charge in [-0.1, -0.05) is 6.92 Å². The molecule has 0 aromatic heterocycles. The number of hydrogen-bond acceptors (Lipinski definition) is 11. The summed E-state index contributed by atoms with van der Waals surface area (Å²) in [5, 5.41) is 10.0. The number of ether oxygens (including phenoxy) is 5. The fourth-order valence-corrected chi connectivity index (χ4v) is 5.31. The topological polar surface area (TPSA) is 155 Å². The van der Waals surface area contributed by atoms with Gasteiger partial charge in [0, 0.05) is 19.3 Å². The molecule has 11 heteroatoms. The highest BCUT2D eigenvalue weighted by Crippen LogP contribution is 2.74. The minimum absolute atomic E-state index is 0.0884. The molecule has 0 aromatic rings. The molecule has 0 spiro atoms. The van der Waals surface area contributed by atoms with Crippen LogP contribution in [0.15, 0.2) is 0 Å². The molecule has 1 aliphatic heterocycles. The molecule has 0 amide bonds. The van der Waals surface area contributed by atoms with E-state index in [2.05, 4.69) is 0 Å². The van der Waals surface area contributed by atoms with Crippen LogP contribution in [0.3, 0.4) is 0 Å². The average molecular weight is 479 g/mol. The summed E-state index contributed by atoms with van der Waals surface area (Å²) in [6.45, 7) is 6.38. The Morgan fingerprint density at radius 2 is 1.71 bits per heavy atom. The largest absolute Gasteiger partial charge is 0.465 e. The molecular formula is C23H29NO10. The minimum Gasteiger partial charge on any atom is -0.465 e. The fourth-order valence-electron chi connectivity index (χ4n) is 5.31. The van der Waals surface area contributed by atoms with Crippen molar-refractivity contribution in [3.8, 4) is 6.07 Å². The maximum absolute atomic E-state index is 12.9. The van der Waals surface area contributed by atoms with Gasteiger partial charge in [0.1, 0.15) is 19.3 Å².